The molecule has 0 N–H and O–H groups in total. The molecule has 0 aliphatic carbocycles. The van der Waals surface area contributed by atoms with Gasteiger partial charge in [0.1, 0.15) is 0 Å². The first-order valence-corrected chi connectivity index (χ1v) is 5.44. The minimum absolute atomic E-state index is 0.00348. The number of hydrogen-bond acceptors (Lipinski definition) is 3. The Kier molecular flexibility index (Phi) is 5.05. The van der Waals surface area contributed by atoms with Gasteiger partial charge in [0.05, 0.1) is 19.1 Å². The average Bonchev–Trinajstić information content (AvgIpc) is 2.75. The minimum Gasteiger partial charge on any atom is -0.472 e. The molecule has 0 aliphatic heterocycles. The molecule has 0 unspecified atom stereocenters. The average molecular weight is 225 g/mol. The maximum Gasteiger partial charge on any atom is 0.225 e. The smallest absolute Gasteiger partial charge is 0.225 e. The van der Waals surface area contributed by atoms with Crippen LogP contribution >= 0.6 is 0 Å². The van der Waals surface area contributed by atoms with Crippen molar-refractivity contribution in [3.63, 3.8) is 0 Å². The topological polar surface area (TPSA) is 42.7 Å². The molecule has 4 nitrogen and oxygen atoms in total. The zero-order chi connectivity index (χ0) is 12.0. The molecule has 1 aromatic rings. The third-order valence-electron chi connectivity index (χ3n) is 2.32. The van der Waals surface area contributed by atoms with Crippen LogP contribution in [0.15, 0.2) is 23.0 Å². The van der Waals surface area contributed by atoms with Crippen molar-refractivity contribution in [2.45, 2.75) is 20.4 Å². The molecule has 0 aromatic carbocycles. The number of amides is 1. The molecule has 0 saturated heterocycles. The fourth-order valence-electron chi connectivity index (χ4n) is 1.44. The first-order chi connectivity index (χ1) is 7.65. The number of ether oxygens (including phenoxy) is 1. The summed E-state index contributed by atoms with van der Waals surface area (Å²) in [6.45, 7) is 5.54. The standard InChI is InChI=1S/C12H19NO3/c1-10(2)12(14)13(5-7-15-3)8-11-4-6-16-9-11/h4,6,9-10H,5,7-8H2,1-3H3. The highest BCUT2D eigenvalue weighted by molar-refractivity contribution is 5.78. The quantitative estimate of drug-likeness (QED) is 0.742. The van der Waals surface area contributed by atoms with E-state index in [2.05, 4.69) is 0 Å². The zero-order valence-corrected chi connectivity index (χ0v) is 10.1. The largest absolute Gasteiger partial charge is 0.472 e. The summed E-state index contributed by atoms with van der Waals surface area (Å²) in [5, 5.41) is 0. The molecule has 0 bridgehead atoms. The first kappa shape index (κ1) is 12.8. The van der Waals surface area contributed by atoms with E-state index in [0.29, 0.717) is 19.7 Å². The lowest BCUT2D eigenvalue weighted by Crippen LogP contribution is -2.36. The normalized spacial score (nSPS) is 10.8. The summed E-state index contributed by atoms with van der Waals surface area (Å²) < 4.78 is 9.99. The highest BCUT2D eigenvalue weighted by Crippen LogP contribution is 2.09. The molecule has 4 heteroatoms. The number of nitrogens with zero attached hydrogens (tertiary/aromatic N) is 1. The van der Waals surface area contributed by atoms with Gasteiger partial charge in [0.25, 0.3) is 0 Å². The van der Waals surface area contributed by atoms with Crippen molar-refractivity contribution in [1.82, 2.24) is 4.90 Å². The number of rotatable bonds is 6. The van der Waals surface area contributed by atoms with Crippen molar-refractivity contribution < 1.29 is 13.9 Å². The molecular weight excluding hydrogens is 206 g/mol. The summed E-state index contributed by atoms with van der Waals surface area (Å²) in [7, 11) is 1.63. The van der Waals surface area contributed by atoms with Crippen LogP contribution in [0.4, 0.5) is 0 Å². The van der Waals surface area contributed by atoms with Gasteiger partial charge in [-0.1, -0.05) is 13.8 Å². The molecule has 0 radical (unpaired) electrons. The third kappa shape index (κ3) is 3.70. The Balaban J connectivity index is 2.60. The van der Waals surface area contributed by atoms with E-state index in [0.717, 1.165) is 5.56 Å². The number of hydrogen-bond donors (Lipinski definition) is 0. The maximum atomic E-state index is 11.9. The minimum atomic E-state index is 0.00348. The molecule has 0 fully saturated rings. The third-order valence-corrected chi connectivity index (χ3v) is 2.32. The van der Waals surface area contributed by atoms with Crippen LogP contribution in [0.1, 0.15) is 19.4 Å². The van der Waals surface area contributed by atoms with E-state index in [9.17, 15) is 4.79 Å². The van der Waals surface area contributed by atoms with Crippen molar-refractivity contribution in [3.05, 3.63) is 24.2 Å². The molecule has 1 rings (SSSR count). The van der Waals surface area contributed by atoms with Crippen LogP contribution in [-0.4, -0.2) is 31.1 Å². The summed E-state index contributed by atoms with van der Waals surface area (Å²) in [5.41, 5.74) is 1.00. The molecule has 0 spiro atoms. The second kappa shape index (κ2) is 6.33. The molecule has 0 saturated carbocycles. The summed E-state index contributed by atoms with van der Waals surface area (Å²) in [6, 6.07) is 1.87. The Morgan fingerprint density at radius 2 is 2.31 bits per heavy atom. The number of carbonyl (C=O) groups excluding carboxylic acids is 1. The van der Waals surface area contributed by atoms with E-state index < -0.39 is 0 Å². The molecule has 1 amide bonds. The molecule has 0 aliphatic rings. The van der Waals surface area contributed by atoms with Gasteiger partial charge < -0.3 is 14.1 Å². The lowest BCUT2D eigenvalue weighted by atomic mass is 10.2. The second-order valence-corrected chi connectivity index (χ2v) is 4.04. The Labute approximate surface area is 96.2 Å². The van der Waals surface area contributed by atoms with Crippen LogP contribution in [0.25, 0.3) is 0 Å². The summed E-state index contributed by atoms with van der Waals surface area (Å²) >= 11 is 0. The lowest BCUT2D eigenvalue weighted by molar-refractivity contribution is -0.135. The van der Waals surface area contributed by atoms with Gasteiger partial charge >= 0.3 is 0 Å². The van der Waals surface area contributed by atoms with Gasteiger partial charge in [-0.05, 0) is 6.07 Å². The summed E-state index contributed by atoms with van der Waals surface area (Å²) in [5.74, 6) is 0.141. The SMILES string of the molecule is COCCN(Cc1ccoc1)C(=O)C(C)C. The predicted octanol–water partition coefficient (Wildman–Crippen LogP) is 1.91. The van der Waals surface area contributed by atoms with E-state index in [-0.39, 0.29) is 11.8 Å². The predicted molar refractivity (Wildman–Crippen MR) is 60.8 cm³/mol. The van der Waals surface area contributed by atoms with Gasteiger partial charge in [-0.3, -0.25) is 4.79 Å². The van der Waals surface area contributed by atoms with Crippen molar-refractivity contribution >= 4 is 5.91 Å². The fraction of sp³-hybridized carbons (Fsp3) is 0.583. The van der Waals surface area contributed by atoms with E-state index in [1.165, 1.54) is 0 Å². The second-order valence-electron chi connectivity index (χ2n) is 4.04. The highest BCUT2D eigenvalue weighted by atomic mass is 16.5. The maximum absolute atomic E-state index is 11.9. The van der Waals surface area contributed by atoms with Crippen LogP contribution in [-0.2, 0) is 16.1 Å². The lowest BCUT2D eigenvalue weighted by Gasteiger charge is -2.23. The molecule has 16 heavy (non-hydrogen) atoms. The van der Waals surface area contributed by atoms with Crippen molar-refractivity contribution in [2.75, 3.05) is 20.3 Å². The van der Waals surface area contributed by atoms with Crippen molar-refractivity contribution in [2.24, 2.45) is 5.92 Å². The van der Waals surface area contributed by atoms with Crippen molar-refractivity contribution in [1.29, 1.82) is 0 Å². The molecule has 0 atom stereocenters. The first-order valence-electron chi connectivity index (χ1n) is 5.44. The molecular formula is C12H19NO3. The van der Waals surface area contributed by atoms with Crippen LogP contribution in [0, 0.1) is 5.92 Å². The summed E-state index contributed by atoms with van der Waals surface area (Å²) in [6.07, 6.45) is 3.27. The van der Waals surface area contributed by atoms with Gasteiger partial charge in [-0.2, -0.15) is 0 Å². The van der Waals surface area contributed by atoms with E-state index >= 15 is 0 Å². The van der Waals surface area contributed by atoms with Gasteiger partial charge in [0, 0.05) is 31.7 Å². The van der Waals surface area contributed by atoms with E-state index in [1.54, 1.807) is 24.5 Å². The van der Waals surface area contributed by atoms with E-state index in [1.807, 2.05) is 19.9 Å². The number of furan rings is 1. The Morgan fingerprint density at radius 1 is 1.56 bits per heavy atom. The van der Waals surface area contributed by atoms with Crippen molar-refractivity contribution in [3.8, 4) is 0 Å². The van der Waals surface area contributed by atoms with Gasteiger partial charge in [-0.25, -0.2) is 0 Å². The summed E-state index contributed by atoms with van der Waals surface area (Å²) in [4.78, 5) is 13.7. The van der Waals surface area contributed by atoms with Crippen LogP contribution in [0.2, 0.25) is 0 Å². The van der Waals surface area contributed by atoms with Gasteiger partial charge in [0.15, 0.2) is 0 Å². The van der Waals surface area contributed by atoms with E-state index in [4.69, 9.17) is 9.15 Å². The monoisotopic (exact) mass is 225 g/mol. The fourth-order valence-corrected chi connectivity index (χ4v) is 1.44. The molecule has 1 heterocycles. The molecule has 90 valence electrons. The Hall–Kier alpha value is -1.29. The van der Waals surface area contributed by atoms with Gasteiger partial charge in [0.2, 0.25) is 5.91 Å². The van der Waals surface area contributed by atoms with Crippen LogP contribution < -0.4 is 0 Å². The van der Waals surface area contributed by atoms with Gasteiger partial charge in [-0.15, -0.1) is 0 Å². The Morgan fingerprint density at radius 3 is 2.81 bits per heavy atom. The highest BCUT2D eigenvalue weighted by Gasteiger charge is 2.17. The molecule has 1 aromatic heterocycles. The zero-order valence-electron chi connectivity index (χ0n) is 10.1. The van der Waals surface area contributed by atoms with Crippen LogP contribution in [0.5, 0.6) is 0 Å². The number of methoxy groups -OCH3 is 1. The van der Waals surface area contributed by atoms with Crippen LogP contribution in [0.3, 0.4) is 0 Å². The Bertz CT molecular complexity index is 306. The number of carbonyl (C=O) groups is 1.